The van der Waals surface area contributed by atoms with Gasteiger partial charge in [0.1, 0.15) is 0 Å². The largest absolute Gasteiger partial charge is 0.358 e. The molecule has 0 fully saturated rings. The van der Waals surface area contributed by atoms with Gasteiger partial charge in [-0.15, -0.1) is 6.07 Å². The van der Waals surface area contributed by atoms with Crippen LogP contribution in [0.25, 0.3) is 11.0 Å². The van der Waals surface area contributed by atoms with Crippen LogP contribution in [0.2, 0.25) is 0 Å². The van der Waals surface area contributed by atoms with Gasteiger partial charge in [0.05, 0.1) is 0 Å². The van der Waals surface area contributed by atoms with E-state index in [0.717, 1.165) is 11.0 Å². The molecule has 0 aliphatic heterocycles. The Bertz CT molecular complexity index is 457. The summed E-state index contributed by atoms with van der Waals surface area (Å²) < 4.78 is 59.2. The van der Waals surface area contributed by atoms with Crippen LogP contribution in [0.1, 0.15) is 0 Å². The average Bonchev–Trinajstić information content (AvgIpc) is 2.44. The molecule has 1 N–H and O–H groups in total. The molecule has 21 heavy (non-hydrogen) atoms. The number of para-hydroxylation sites is 1. The van der Waals surface area contributed by atoms with Crippen LogP contribution in [-0.4, -0.2) is 15.4 Å². The molecule has 1 heterocycles. The second kappa shape index (κ2) is 8.96. The number of benzene rings is 1. The van der Waals surface area contributed by atoms with Crippen molar-refractivity contribution in [1.82, 2.24) is 15.4 Å². The number of fused-ring (bicyclic) bond motifs is 1. The maximum atomic E-state index is 9.87. The SMILES string of the molecule is F[P-](F)(F)(F)(F)F.[CH3-].[CH3-].[CH3-].[CH3-].[U].[c-]1cccc2nn[nH]c12. The number of aromatic amines is 1. The van der Waals surface area contributed by atoms with E-state index in [0.29, 0.717) is 0 Å². The Hall–Kier alpha value is -0.318. The van der Waals surface area contributed by atoms with Crippen molar-refractivity contribution in [2.45, 2.75) is 0 Å². The zero-order valence-electron chi connectivity index (χ0n) is 11.8. The molecule has 128 valence electrons. The first-order valence-electron chi connectivity index (χ1n) is 3.66. The number of nitrogens with one attached hydrogen (secondary N) is 1. The van der Waals surface area contributed by atoms with Gasteiger partial charge in [0.25, 0.3) is 0 Å². The Morgan fingerprint density at radius 3 is 1.76 bits per heavy atom. The Labute approximate surface area is 144 Å². The van der Waals surface area contributed by atoms with E-state index in [-0.39, 0.29) is 60.8 Å². The van der Waals surface area contributed by atoms with Crippen molar-refractivity contribution in [2.75, 3.05) is 0 Å². The molecule has 0 radical (unpaired) electrons. The van der Waals surface area contributed by atoms with E-state index in [1.54, 1.807) is 0 Å². The predicted octanol–water partition coefficient (Wildman–Crippen LogP) is 5.94. The number of nitrogens with zero attached hydrogens (tertiary/aromatic N) is 2. The molecule has 0 amide bonds. The number of hydrogen-bond donors (Lipinski definition) is 1. The number of H-pyrrole nitrogens is 1. The van der Waals surface area contributed by atoms with Gasteiger partial charge < -0.3 is 29.7 Å². The number of halogens is 6. The third-order valence-corrected chi connectivity index (χ3v) is 1.15. The summed E-state index contributed by atoms with van der Waals surface area (Å²) in [6.45, 7) is 0. The normalized spacial score (nSPS) is 12.1. The molecule has 0 unspecified atom stereocenters. The van der Waals surface area contributed by atoms with Gasteiger partial charge in [0.15, 0.2) is 0 Å². The van der Waals surface area contributed by atoms with Crippen LogP contribution in [0.3, 0.4) is 0 Å². The van der Waals surface area contributed by atoms with Crippen LogP contribution in [0, 0.1) is 66.9 Å². The summed E-state index contributed by atoms with van der Waals surface area (Å²) >= 11 is 0. The number of rotatable bonds is 0. The molecule has 0 saturated heterocycles. The zero-order valence-corrected chi connectivity index (χ0v) is 16.9. The van der Waals surface area contributed by atoms with Crippen molar-refractivity contribution in [3.63, 3.8) is 0 Å². The molecular weight excluding hydrogens is 545 g/mol. The molecule has 0 saturated carbocycles. The Balaban J connectivity index is -0.0000000673. The summed E-state index contributed by atoms with van der Waals surface area (Å²) in [4.78, 5) is 0. The Morgan fingerprint density at radius 2 is 1.38 bits per heavy atom. The molecule has 0 spiro atoms. The summed E-state index contributed by atoms with van der Waals surface area (Å²) in [5.41, 5.74) is 1.72. The average molecular weight is 561 g/mol. The zero-order chi connectivity index (χ0) is 12.5. The fourth-order valence-electron chi connectivity index (χ4n) is 0.730. The van der Waals surface area contributed by atoms with Gasteiger partial charge in [-0.3, -0.25) is 5.10 Å². The Morgan fingerprint density at radius 1 is 0.952 bits per heavy atom. The van der Waals surface area contributed by atoms with Crippen LogP contribution in [-0.2, 0) is 0 Å². The molecule has 0 bridgehead atoms. The van der Waals surface area contributed by atoms with E-state index < -0.39 is 7.81 Å². The fourth-order valence-corrected chi connectivity index (χ4v) is 0.730. The van der Waals surface area contributed by atoms with Crippen molar-refractivity contribution in [2.24, 2.45) is 0 Å². The minimum Gasteiger partial charge on any atom is -0.358 e. The van der Waals surface area contributed by atoms with Gasteiger partial charge >= 0.3 is 33.0 Å². The summed E-state index contributed by atoms with van der Waals surface area (Å²) in [7, 11) is -10.7. The van der Waals surface area contributed by atoms with Crippen LogP contribution in [0.15, 0.2) is 18.2 Å². The van der Waals surface area contributed by atoms with E-state index in [2.05, 4.69) is 21.5 Å². The van der Waals surface area contributed by atoms with E-state index in [1.165, 1.54) is 0 Å². The van der Waals surface area contributed by atoms with Crippen LogP contribution in [0.5, 0.6) is 0 Å². The van der Waals surface area contributed by atoms with Crippen molar-refractivity contribution >= 4 is 18.8 Å². The van der Waals surface area contributed by atoms with Gasteiger partial charge in [-0.1, -0.05) is 5.21 Å². The fraction of sp³-hybridized carbons (Fsp3) is 0. The van der Waals surface area contributed by atoms with Crippen molar-refractivity contribution in [1.29, 1.82) is 0 Å². The van der Waals surface area contributed by atoms with Crippen LogP contribution < -0.4 is 0 Å². The van der Waals surface area contributed by atoms with E-state index >= 15 is 0 Å². The first-order chi connectivity index (χ1) is 6.92. The monoisotopic (exact) mass is 561 g/mol. The smallest absolute Gasteiger partial charge is 0.00105 e. The number of aromatic nitrogens is 3. The quantitative estimate of drug-likeness (QED) is 0.246. The van der Waals surface area contributed by atoms with Gasteiger partial charge in [0.2, 0.25) is 0 Å². The third kappa shape index (κ3) is 22.1. The summed E-state index contributed by atoms with van der Waals surface area (Å²) in [6.07, 6.45) is 0. The molecule has 3 nitrogen and oxygen atoms in total. The third-order valence-electron chi connectivity index (χ3n) is 1.15. The maximum Gasteiger partial charge on any atom is 0.00105 e. The number of hydrogen-bond acceptors (Lipinski definition) is 2. The second-order valence-corrected chi connectivity index (χ2v) is 4.62. The summed E-state index contributed by atoms with van der Waals surface area (Å²) in [5, 5.41) is 10.1. The van der Waals surface area contributed by atoms with Gasteiger partial charge in [-0.05, 0) is 5.52 Å². The molecule has 1 aromatic carbocycles. The molecule has 0 aliphatic rings. The molecule has 0 aliphatic carbocycles. The molecule has 0 atom stereocenters. The predicted molar refractivity (Wildman–Crippen MR) is 71.9 cm³/mol. The van der Waals surface area contributed by atoms with Crippen LogP contribution >= 0.6 is 7.81 Å². The molecule has 2 aromatic rings. The van der Waals surface area contributed by atoms with E-state index in [4.69, 9.17) is 0 Å². The topological polar surface area (TPSA) is 41.6 Å². The molecular formula is C10H16F6N3PU-6. The van der Waals surface area contributed by atoms with Gasteiger partial charge in [-0.2, -0.15) is 23.3 Å². The maximum absolute atomic E-state index is 10.7. The van der Waals surface area contributed by atoms with Gasteiger partial charge in [0, 0.05) is 36.6 Å². The minimum atomic E-state index is -10.7. The Kier molecular flexibility index (Phi) is 13.9. The van der Waals surface area contributed by atoms with Crippen LogP contribution in [0.4, 0.5) is 25.2 Å². The first kappa shape index (κ1) is 32.6. The van der Waals surface area contributed by atoms with Crippen molar-refractivity contribution in [3.05, 3.63) is 54.0 Å². The van der Waals surface area contributed by atoms with Gasteiger partial charge in [-0.25, -0.2) is 0 Å². The minimum absolute atomic E-state index is 0. The molecule has 11 heteroatoms. The standard InChI is InChI=1S/C6H4N3.4CH3.F6P.U/c1-2-4-6-5(3-1)7-9-8-6;;;;;1-7(2,3,4,5)6;/h1-3H,(H,7,8,9);4*1H3;;/q6*-1;. The summed E-state index contributed by atoms with van der Waals surface area (Å²) in [6, 6.07) is 8.54. The second-order valence-electron chi connectivity index (χ2n) is 2.70. The molecule has 1 aromatic heterocycles. The van der Waals surface area contributed by atoms with E-state index in [1.807, 2.05) is 18.2 Å². The molecule has 2 rings (SSSR count). The van der Waals surface area contributed by atoms with E-state index in [9.17, 15) is 25.2 Å². The van der Waals surface area contributed by atoms with Crippen molar-refractivity contribution < 1.29 is 56.3 Å². The van der Waals surface area contributed by atoms with Crippen molar-refractivity contribution in [3.8, 4) is 0 Å². The first-order valence-corrected chi connectivity index (χ1v) is 5.68. The summed E-state index contributed by atoms with van der Waals surface area (Å²) in [5.74, 6) is 0.